The zero-order valence-corrected chi connectivity index (χ0v) is 18.5. The van der Waals surface area contributed by atoms with Crippen molar-refractivity contribution in [3.63, 3.8) is 0 Å². The summed E-state index contributed by atoms with van der Waals surface area (Å²) in [5, 5.41) is 0.358. The Kier molecular flexibility index (Phi) is 6.12. The minimum absolute atomic E-state index is 0.239. The number of benzene rings is 1. The predicted octanol–water partition coefficient (Wildman–Crippen LogP) is 5.00. The van der Waals surface area contributed by atoms with Crippen molar-refractivity contribution in [3.8, 4) is 5.69 Å². The number of carbonyl (C=O) groups is 3. The van der Waals surface area contributed by atoms with Crippen LogP contribution in [-0.4, -0.2) is 39.7 Å². The van der Waals surface area contributed by atoms with Crippen molar-refractivity contribution < 1.29 is 19.1 Å². The molecule has 1 aromatic carbocycles. The molecule has 6 nitrogen and oxygen atoms in total. The Morgan fingerprint density at radius 1 is 1.24 bits per heavy atom. The number of aromatic nitrogens is 1. The first-order valence-electron chi connectivity index (χ1n) is 8.65. The number of nitrogens with zero attached hydrogens (tertiary/aromatic N) is 2. The molecule has 1 atom stereocenters. The third-order valence-electron chi connectivity index (χ3n) is 4.68. The number of methoxy groups -OCH3 is 1. The fraction of sp³-hybridized carbons (Fsp3) is 0.250. The van der Waals surface area contributed by atoms with Crippen molar-refractivity contribution in [1.82, 2.24) is 9.47 Å². The highest BCUT2D eigenvalue weighted by Gasteiger charge is 2.41. The number of carbonyl (C=O) groups excluding carboxylic acids is 3. The van der Waals surface area contributed by atoms with E-state index >= 15 is 0 Å². The molecule has 0 radical (unpaired) electrons. The maximum absolute atomic E-state index is 12.7. The number of hydrogen-bond donors (Lipinski definition) is 0. The van der Waals surface area contributed by atoms with Crippen LogP contribution in [0.4, 0.5) is 4.79 Å². The fourth-order valence-electron chi connectivity index (χ4n) is 3.20. The highest BCUT2D eigenvalue weighted by Crippen LogP contribution is 2.36. The molecular weight excluding hydrogens is 435 g/mol. The van der Waals surface area contributed by atoms with Crippen LogP contribution in [0.2, 0.25) is 10.0 Å². The van der Waals surface area contributed by atoms with E-state index in [4.69, 9.17) is 23.2 Å². The predicted molar refractivity (Wildman–Crippen MR) is 115 cm³/mol. The molecule has 0 bridgehead atoms. The van der Waals surface area contributed by atoms with Crippen LogP contribution >= 0.6 is 35.0 Å². The number of imide groups is 1. The van der Waals surface area contributed by atoms with Gasteiger partial charge in [0.25, 0.3) is 11.1 Å². The number of esters is 1. The molecule has 0 spiro atoms. The number of amides is 2. The van der Waals surface area contributed by atoms with Gasteiger partial charge in [-0.15, -0.1) is 0 Å². The van der Waals surface area contributed by atoms with Gasteiger partial charge in [0.15, 0.2) is 0 Å². The summed E-state index contributed by atoms with van der Waals surface area (Å²) in [4.78, 5) is 37.9. The molecule has 3 rings (SSSR count). The summed E-state index contributed by atoms with van der Waals surface area (Å²) in [5.41, 5.74) is 3.20. The van der Waals surface area contributed by atoms with Crippen LogP contribution in [0.1, 0.15) is 23.9 Å². The maximum Gasteiger partial charge on any atom is 0.328 e. The highest BCUT2D eigenvalue weighted by molar-refractivity contribution is 8.18. The summed E-state index contributed by atoms with van der Waals surface area (Å²) < 4.78 is 6.57. The standard InChI is InChI=1S/C20H18Cl2N2O4S/c1-10-8-13(11(2)23(10)15-7-5-6-14(21)17(15)22)9-16-18(25)24(20(27)29-16)12(3)19(26)28-4/h5-9,12H,1-4H3/b16-9+/t12-/m1/s1. The van der Waals surface area contributed by atoms with E-state index in [2.05, 4.69) is 4.74 Å². The van der Waals surface area contributed by atoms with E-state index in [0.29, 0.717) is 10.0 Å². The van der Waals surface area contributed by atoms with Crippen molar-refractivity contribution >= 4 is 58.2 Å². The minimum Gasteiger partial charge on any atom is -0.467 e. The van der Waals surface area contributed by atoms with E-state index in [0.717, 1.165) is 39.3 Å². The number of hydrogen-bond acceptors (Lipinski definition) is 5. The third kappa shape index (κ3) is 3.82. The van der Waals surface area contributed by atoms with Gasteiger partial charge in [0.05, 0.1) is 27.7 Å². The van der Waals surface area contributed by atoms with Gasteiger partial charge in [0, 0.05) is 11.4 Å². The van der Waals surface area contributed by atoms with Crippen LogP contribution < -0.4 is 0 Å². The average molecular weight is 453 g/mol. The van der Waals surface area contributed by atoms with Gasteiger partial charge in [-0.1, -0.05) is 29.3 Å². The third-order valence-corrected chi connectivity index (χ3v) is 6.37. The Morgan fingerprint density at radius 2 is 1.93 bits per heavy atom. The van der Waals surface area contributed by atoms with Crippen molar-refractivity contribution in [1.29, 1.82) is 0 Å². The lowest BCUT2D eigenvalue weighted by Crippen LogP contribution is -2.42. The number of halogens is 2. The van der Waals surface area contributed by atoms with Crippen LogP contribution in [0.25, 0.3) is 11.8 Å². The zero-order valence-electron chi connectivity index (χ0n) is 16.2. The Hall–Kier alpha value is -2.22. The lowest BCUT2D eigenvalue weighted by Gasteiger charge is -2.18. The summed E-state index contributed by atoms with van der Waals surface area (Å²) in [6, 6.07) is 6.27. The molecule has 1 aromatic heterocycles. The molecule has 1 aliphatic rings. The molecular formula is C20H18Cl2N2O4S. The molecule has 9 heteroatoms. The van der Waals surface area contributed by atoms with Gasteiger partial charge in [-0.25, -0.2) is 4.79 Å². The first kappa shape index (κ1) is 21.5. The molecule has 2 amide bonds. The molecule has 0 saturated carbocycles. The van der Waals surface area contributed by atoms with Gasteiger partial charge in [0.1, 0.15) is 6.04 Å². The van der Waals surface area contributed by atoms with Crippen LogP contribution in [0, 0.1) is 13.8 Å². The van der Waals surface area contributed by atoms with E-state index in [1.807, 2.05) is 36.6 Å². The normalized spacial score (nSPS) is 16.6. The average Bonchev–Trinajstić information content (AvgIpc) is 3.11. The summed E-state index contributed by atoms with van der Waals surface area (Å²) in [5.74, 6) is -1.18. The molecule has 0 aliphatic carbocycles. The molecule has 2 heterocycles. The second-order valence-electron chi connectivity index (χ2n) is 6.49. The van der Waals surface area contributed by atoms with E-state index in [1.165, 1.54) is 14.0 Å². The Morgan fingerprint density at radius 3 is 2.59 bits per heavy atom. The summed E-state index contributed by atoms with van der Waals surface area (Å²) in [7, 11) is 1.21. The number of aryl methyl sites for hydroxylation is 1. The molecule has 29 heavy (non-hydrogen) atoms. The van der Waals surface area contributed by atoms with Crippen molar-refractivity contribution in [2.45, 2.75) is 26.8 Å². The number of thioether (sulfide) groups is 1. The summed E-state index contributed by atoms with van der Waals surface area (Å²) >= 11 is 13.3. The van der Waals surface area contributed by atoms with Crippen LogP contribution in [0.3, 0.4) is 0 Å². The maximum atomic E-state index is 12.7. The van der Waals surface area contributed by atoms with Crippen LogP contribution in [0.5, 0.6) is 0 Å². The second kappa shape index (κ2) is 8.26. The largest absolute Gasteiger partial charge is 0.467 e. The smallest absolute Gasteiger partial charge is 0.328 e. The Bertz CT molecular complexity index is 1060. The van der Waals surface area contributed by atoms with E-state index < -0.39 is 23.2 Å². The van der Waals surface area contributed by atoms with Gasteiger partial charge in [-0.3, -0.25) is 14.5 Å². The molecule has 1 saturated heterocycles. The quantitative estimate of drug-likeness (QED) is 0.482. The highest BCUT2D eigenvalue weighted by atomic mass is 35.5. The SMILES string of the molecule is COC(=O)[C@@H](C)N1C(=O)S/C(=C/c2cc(C)n(-c3cccc(Cl)c3Cl)c2C)C1=O. The fourth-order valence-corrected chi connectivity index (χ4v) is 4.48. The van der Waals surface area contributed by atoms with E-state index in [1.54, 1.807) is 12.1 Å². The zero-order chi connectivity index (χ0) is 21.5. The molecule has 0 N–H and O–H groups in total. The Balaban J connectivity index is 2.00. The first-order chi connectivity index (χ1) is 13.7. The van der Waals surface area contributed by atoms with E-state index in [-0.39, 0.29) is 4.91 Å². The van der Waals surface area contributed by atoms with Crippen molar-refractivity contribution in [3.05, 3.63) is 56.2 Å². The molecule has 152 valence electrons. The first-order valence-corrected chi connectivity index (χ1v) is 10.2. The molecule has 2 aromatic rings. The van der Waals surface area contributed by atoms with Crippen molar-refractivity contribution in [2.75, 3.05) is 7.11 Å². The molecule has 0 unspecified atom stereocenters. The van der Waals surface area contributed by atoms with Gasteiger partial charge in [-0.05, 0) is 62.4 Å². The summed E-state index contributed by atoms with van der Waals surface area (Å²) in [6.07, 6.45) is 1.65. The number of rotatable bonds is 4. The minimum atomic E-state index is -0.990. The van der Waals surface area contributed by atoms with E-state index in [9.17, 15) is 14.4 Å². The second-order valence-corrected chi connectivity index (χ2v) is 8.26. The monoisotopic (exact) mass is 452 g/mol. The lowest BCUT2D eigenvalue weighted by atomic mass is 10.2. The molecule has 1 fully saturated rings. The summed E-state index contributed by atoms with van der Waals surface area (Å²) in [6.45, 7) is 5.25. The lowest BCUT2D eigenvalue weighted by molar-refractivity contribution is -0.148. The molecule has 1 aliphatic heterocycles. The van der Waals surface area contributed by atoms with Crippen molar-refractivity contribution in [2.24, 2.45) is 0 Å². The van der Waals surface area contributed by atoms with Crippen LogP contribution in [0.15, 0.2) is 29.2 Å². The van der Waals surface area contributed by atoms with Gasteiger partial charge >= 0.3 is 5.97 Å². The van der Waals surface area contributed by atoms with Crippen LogP contribution in [-0.2, 0) is 14.3 Å². The topological polar surface area (TPSA) is 68.6 Å². The number of ether oxygens (including phenoxy) is 1. The van der Waals surface area contributed by atoms with Gasteiger partial charge < -0.3 is 9.30 Å². The van der Waals surface area contributed by atoms with Gasteiger partial charge in [-0.2, -0.15) is 0 Å². The Labute approximate surface area is 182 Å². The van der Waals surface area contributed by atoms with Gasteiger partial charge in [0.2, 0.25) is 0 Å².